The molecule has 0 aliphatic rings. The third kappa shape index (κ3) is 3.68. The maximum absolute atomic E-state index is 13.4. The molecule has 2 aromatic heterocycles. The molecule has 0 amide bonds. The molecule has 0 aliphatic heterocycles. The zero-order valence-electron chi connectivity index (χ0n) is 15.7. The number of Topliss-reactive ketones (excluding diaryl/α,β-unsaturated/α-hetero) is 1. The van der Waals surface area contributed by atoms with E-state index in [1.807, 2.05) is 32.0 Å². The number of carbonyl (C=O) groups is 1. The molecular formula is C22H16BrClN2O2S. The van der Waals surface area contributed by atoms with Gasteiger partial charge in [0.05, 0.1) is 17.0 Å². The van der Waals surface area contributed by atoms with Gasteiger partial charge >= 0.3 is 0 Å². The summed E-state index contributed by atoms with van der Waals surface area (Å²) in [4.78, 5) is 32.8. The Bertz CT molecular complexity index is 1310. The topological polar surface area (TPSA) is 52.0 Å². The van der Waals surface area contributed by atoms with Gasteiger partial charge in [-0.1, -0.05) is 51.8 Å². The maximum atomic E-state index is 13.4. The second-order valence-electron chi connectivity index (χ2n) is 6.70. The Hall–Kier alpha value is -2.28. The number of rotatable bonds is 4. The molecular weight excluding hydrogens is 472 g/mol. The number of aromatic nitrogens is 2. The van der Waals surface area contributed by atoms with E-state index in [2.05, 4.69) is 15.9 Å². The minimum Gasteiger partial charge on any atom is -0.292 e. The van der Waals surface area contributed by atoms with Crippen LogP contribution in [0, 0.1) is 13.8 Å². The van der Waals surface area contributed by atoms with Crippen LogP contribution < -0.4 is 5.56 Å². The van der Waals surface area contributed by atoms with E-state index in [1.165, 1.54) is 15.9 Å². The van der Waals surface area contributed by atoms with Gasteiger partial charge in [-0.25, -0.2) is 4.98 Å². The first-order valence-corrected chi connectivity index (χ1v) is 10.9. The number of nitrogens with zero attached hydrogens (tertiary/aromatic N) is 2. The summed E-state index contributed by atoms with van der Waals surface area (Å²) >= 11 is 11.2. The average Bonchev–Trinajstić information content (AvgIpc) is 2.99. The van der Waals surface area contributed by atoms with Crippen LogP contribution >= 0.6 is 38.9 Å². The molecule has 0 aliphatic carbocycles. The Morgan fingerprint density at radius 3 is 2.52 bits per heavy atom. The molecule has 4 aromatic rings. The highest BCUT2D eigenvalue weighted by Crippen LogP contribution is 2.31. The number of benzene rings is 2. The average molecular weight is 488 g/mol. The molecule has 2 heterocycles. The third-order valence-corrected chi connectivity index (χ3v) is 6.83. The maximum Gasteiger partial charge on any atom is 0.263 e. The zero-order chi connectivity index (χ0) is 20.7. The number of fused-ring (bicyclic) bond motifs is 1. The molecule has 0 unspecified atom stereocenters. The van der Waals surface area contributed by atoms with Crippen molar-refractivity contribution in [2.45, 2.75) is 20.4 Å². The van der Waals surface area contributed by atoms with Crippen LogP contribution in [0.25, 0.3) is 21.6 Å². The lowest BCUT2D eigenvalue weighted by atomic mass is 10.1. The molecule has 0 saturated carbocycles. The number of carbonyl (C=O) groups excluding carboxylic acids is 1. The van der Waals surface area contributed by atoms with Gasteiger partial charge in [0, 0.05) is 20.5 Å². The van der Waals surface area contributed by atoms with Crippen LogP contribution in [0.1, 0.15) is 20.8 Å². The van der Waals surface area contributed by atoms with Crippen molar-refractivity contribution in [2.75, 3.05) is 0 Å². The molecule has 4 rings (SSSR count). The van der Waals surface area contributed by atoms with E-state index in [9.17, 15) is 9.59 Å². The van der Waals surface area contributed by atoms with E-state index in [1.54, 1.807) is 30.3 Å². The van der Waals surface area contributed by atoms with Gasteiger partial charge in [-0.3, -0.25) is 14.2 Å². The summed E-state index contributed by atoms with van der Waals surface area (Å²) < 4.78 is 2.32. The molecule has 146 valence electrons. The summed E-state index contributed by atoms with van der Waals surface area (Å²) in [5, 5.41) is 1.04. The molecule has 0 saturated heterocycles. The first-order valence-electron chi connectivity index (χ1n) is 8.91. The van der Waals surface area contributed by atoms with Gasteiger partial charge in [-0.2, -0.15) is 0 Å². The SMILES string of the molecule is Cc1sc2nc(-c3ccccc3Cl)n(CC(=O)c3ccc(Br)cc3)c(=O)c2c1C. The number of aryl methyl sites for hydroxylation is 2. The van der Waals surface area contributed by atoms with Crippen LogP contribution in [0.2, 0.25) is 5.02 Å². The van der Waals surface area contributed by atoms with Crippen molar-refractivity contribution < 1.29 is 4.79 Å². The largest absolute Gasteiger partial charge is 0.292 e. The molecule has 4 nitrogen and oxygen atoms in total. The first-order chi connectivity index (χ1) is 13.9. The number of hydrogen-bond donors (Lipinski definition) is 0. The van der Waals surface area contributed by atoms with E-state index in [4.69, 9.17) is 16.6 Å². The van der Waals surface area contributed by atoms with E-state index in [0.717, 1.165) is 14.9 Å². The summed E-state index contributed by atoms with van der Waals surface area (Å²) in [7, 11) is 0. The summed E-state index contributed by atoms with van der Waals surface area (Å²) in [6.07, 6.45) is 0. The molecule has 2 aromatic carbocycles. The molecule has 0 N–H and O–H groups in total. The van der Waals surface area contributed by atoms with Gasteiger partial charge in [0.2, 0.25) is 0 Å². The van der Waals surface area contributed by atoms with Crippen LogP contribution in [0.4, 0.5) is 0 Å². The normalized spacial score (nSPS) is 11.2. The quantitative estimate of drug-likeness (QED) is 0.330. The molecule has 0 radical (unpaired) electrons. The first kappa shape index (κ1) is 20.0. The summed E-state index contributed by atoms with van der Waals surface area (Å²) in [6.45, 7) is 3.76. The molecule has 0 bridgehead atoms. The summed E-state index contributed by atoms with van der Waals surface area (Å²) in [6, 6.07) is 14.3. The molecule has 0 spiro atoms. The Morgan fingerprint density at radius 1 is 1.14 bits per heavy atom. The number of ketones is 1. The number of hydrogen-bond acceptors (Lipinski definition) is 4. The second kappa shape index (κ2) is 7.86. The predicted octanol–water partition coefficient (Wildman–Crippen LogP) is 6.04. The molecule has 0 atom stereocenters. The third-order valence-electron chi connectivity index (χ3n) is 4.87. The van der Waals surface area contributed by atoms with Crippen molar-refractivity contribution >= 4 is 54.9 Å². The number of halogens is 2. The van der Waals surface area contributed by atoms with Crippen molar-refractivity contribution in [3.63, 3.8) is 0 Å². The Labute approximate surface area is 184 Å². The van der Waals surface area contributed by atoms with Gasteiger partial charge in [0.15, 0.2) is 5.78 Å². The van der Waals surface area contributed by atoms with Gasteiger partial charge in [-0.15, -0.1) is 11.3 Å². The lowest BCUT2D eigenvalue weighted by molar-refractivity contribution is 0.0971. The Morgan fingerprint density at radius 2 is 1.83 bits per heavy atom. The smallest absolute Gasteiger partial charge is 0.263 e. The Kier molecular flexibility index (Phi) is 5.42. The van der Waals surface area contributed by atoms with E-state index >= 15 is 0 Å². The van der Waals surface area contributed by atoms with Gasteiger partial charge < -0.3 is 0 Å². The van der Waals surface area contributed by atoms with E-state index in [-0.39, 0.29) is 17.9 Å². The van der Waals surface area contributed by atoms with Crippen LogP contribution in [0.3, 0.4) is 0 Å². The fourth-order valence-electron chi connectivity index (χ4n) is 3.19. The Balaban J connectivity index is 1.94. The van der Waals surface area contributed by atoms with E-state index in [0.29, 0.717) is 32.2 Å². The van der Waals surface area contributed by atoms with Crippen molar-refractivity contribution in [1.29, 1.82) is 0 Å². The standard InChI is InChI=1S/C22H16BrClN2O2S/c1-12-13(2)29-21-19(12)22(28)26(11-18(27)14-7-9-15(23)10-8-14)20(25-21)16-5-3-4-6-17(16)24/h3-10H,11H2,1-2H3. The highest BCUT2D eigenvalue weighted by molar-refractivity contribution is 9.10. The number of thiophene rings is 1. The minimum atomic E-state index is -0.225. The van der Waals surface area contributed by atoms with Crippen molar-refractivity contribution in [2.24, 2.45) is 0 Å². The second-order valence-corrected chi connectivity index (χ2v) is 9.23. The van der Waals surface area contributed by atoms with Crippen LogP contribution in [0.5, 0.6) is 0 Å². The highest BCUT2D eigenvalue weighted by Gasteiger charge is 2.21. The van der Waals surface area contributed by atoms with Crippen LogP contribution in [-0.2, 0) is 6.54 Å². The van der Waals surface area contributed by atoms with Crippen molar-refractivity contribution in [3.05, 3.63) is 84.4 Å². The fourth-order valence-corrected chi connectivity index (χ4v) is 4.70. The lowest BCUT2D eigenvalue weighted by Crippen LogP contribution is -2.27. The van der Waals surface area contributed by atoms with Gasteiger partial charge in [0.1, 0.15) is 10.7 Å². The lowest BCUT2D eigenvalue weighted by Gasteiger charge is -2.13. The predicted molar refractivity (Wildman–Crippen MR) is 122 cm³/mol. The van der Waals surface area contributed by atoms with E-state index < -0.39 is 0 Å². The monoisotopic (exact) mass is 486 g/mol. The van der Waals surface area contributed by atoms with Crippen LogP contribution in [0.15, 0.2) is 57.8 Å². The van der Waals surface area contributed by atoms with Crippen molar-refractivity contribution in [3.8, 4) is 11.4 Å². The van der Waals surface area contributed by atoms with Gasteiger partial charge in [-0.05, 0) is 43.7 Å². The summed E-state index contributed by atoms with van der Waals surface area (Å²) in [5.41, 5.74) is 1.83. The van der Waals surface area contributed by atoms with Crippen molar-refractivity contribution in [1.82, 2.24) is 9.55 Å². The molecule has 7 heteroatoms. The zero-order valence-corrected chi connectivity index (χ0v) is 18.9. The van der Waals surface area contributed by atoms with Crippen LogP contribution in [-0.4, -0.2) is 15.3 Å². The molecule has 0 fully saturated rings. The molecule has 29 heavy (non-hydrogen) atoms. The minimum absolute atomic E-state index is 0.113. The summed E-state index contributed by atoms with van der Waals surface area (Å²) in [5.74, 6) is 0.235. The van der Waals surface area contributed by atoms with Gasteiger partial charge in [0.25, 0.3) is 5.56 Å². The highest BCUT2D eigenvalue weighted by atomic mass is 79.9. The fraction of sp³-hybridized carbons (Fsp3) is 0.136.